The van der Waals surface area contributed by atoms with E-state index < -0.39 is 17.8 Å². The lowest BCUT2D eigenvalue weighted by Crippen LogP contribution is -2.32. The van der Waals surface area contributed by atoms with Crippen LogP contribution in [0.5, 0.6) is 0 Å². The van der Waals surface area contributed by atoms with Crippen LogP contribution in [0, 0.1) is 0 Å². The first-order chi connectivity index (χ1) is 9.65. The fraction of sp³-hybridized carbons (Fsp3) is 0.133. The van der Waals surface area contributed by atoms with E-state index in [4.69, 9.17) is 4.74 Å². The molecular formula is C15H13NO4. The van der Waals surface area contributed by atoms with Crippen LogP contribution < -0.4 is 0 Å². The van der Waals surface area contributed by atoms with E-state index in [0.717, 1.165) is 4.90 Å². The highest BCUT2D eigenvalue weighted by molar-refractivity contribution is 6.21. The van der Waals surface area contributed by atoms with Gasteiger partial charge in [0.1, 0.15) is 0 Å². The predicted molar refractivity (Wildman–Crippen MR) is 71.9 cm³/mol. The minimum atomic E-state index is -0.611. The molecule has 2 rings (SSSR count). The van der Waals surface area contributed by atoms with Gasteiger partial charge in [-0.05, 0) is 19.1 Å². The van der Waals surface area contributed by atoms with Crippen LogP contribution in [0.15, 0.2) is 48.6 Å². The molecule has 0 saturated carbocycles. The van der Waals surface area contributed by atoms with Crippen molar-refractivity contribution in [3.63, 3.8) is 0 Å². The molecule has 2 amide bonds. The number of benzene rings is 1. The molecule has 1 aliphatic rings. The lowest BCUT2D eigenvalue weighted by atomic mass is 10.1. The van der Waals surface area contributed by atoms with Crippen molar-refractivity contribution in [1.82, 2.24) is 4.90 Å². The molecule has 5 nitrogen and oxygen atoms in total. The Hall–Kier alpha value is -2.69. The lowest BCUT2D eigenvalue weighted by Gasteiger charge is -2.12. The maximum Gasteiger partial charge on any atom is 0.332 e. The van der Waals surface area contributed by atoms with Crippen LogP contribution in [0.1, 0.15) is 27.6 Å². The minimum absolute atomic E-state index is 0.331. The Kier molecular flexibility index (Phi) is 4.10. The number of fused-ring (bicyclic) bond motifs is 1. The van der Waals surface area contributed by atoms with E-state index in [9.17, 15) is 14.4 Å². The van der Waals surface area contributed by atoms with E-state index in [1.807, 2.05) is 6.92 Å². The van der Waals surface area contributed by atoms with Gasteiger partial charge in [0.25, 0.3) is 11.8 Å². The van der Waals surface area contributed by atoms with E-state index in [0.29, 0.717) is 11.1 Å². The normalized spacial score (nSPS) is 14.3. The standard InChI is InChI=1S/C15H13NO4/c1-2-3-4-9-13(17)20-10-16-14(18)11-7-5-6-8-12(11)15(16)19/h2-9H,10H2,1H3/b3-2+,9-4+. The largest absolute Gasteiger partial charge is 0.441 e. The van der Waals surface area contributed by atoms with Gasteiger partial charge in [-0.3, -0.25) is 9.59 Å². The van der Waals surface area contributed by atoms with Crippen molar-refractivity contribution in [1.29, 1.82) is 0 Å². The zero-order chi connectivity index (χ0) is 14.5. The third-order valence-corrected chi connectivity index (χ3v) is 2.75. The Morgan fingerprint density at radius 2 is 1.75 bits per heavy atom. The number of ether oxygens (including phenoxy) is 1. The van der Waals surface area contributed by atoms with Gasteiger partial charge >= 0.3 is 5.97 Å². The van der Waals surface area contributed by atoms with Crippen molar-refractivity contribution in [2.75, 3.05) is 6.73 Å². The van der Waals surface area contributed by atoms with Gasteiger partial charge in [0, 0.05) is 6.08 Å². The topological polar surface area (TPSA) is 63.7 Å². The van der Waals surface area contributed by atoms with Crippen LogP contribution in [0.2, 0.25) is 0 Å². The average Bonchev–Trinajstić information content (AvgIpc) is 2.70. The molecule has 1 aromatic rings. The lowest BCUT2D eigenvalue weighted by molar-refractivity contribution is -0.140. The summed E-state index contributed by atoms with van der Waals surface area (Å²) in [5, 5.41) is 0. The number of carbonyl (C=O) groups excluding carboxylic acids is 3. The smallest absolute Gasteiger partial charge is 0.332 e. The molecule has 20 heavy (non-hydrogen) atoms. The number of hydrogen-bond acceptors (Lipinski definition) is 4. The second kappa shape index (κ2) is 5.97. The number of hydrogen-bond donors (Lipinski definition) is 0. The molecule has 0 unspecified atom stereocenters. The van der Waals surface area contributed by atoms with Crippen molar-refractivity contribution < 1.29 is 19.1 Å². The Labute approximate surface area is 116 Å². The second-order valence-corrected chi connectivity index (χ2v) is 4.06. The van der Waals surface area contributed by atoms with E-state index >= 15 is 0 Å². The molecule has 0 atom stereocenters. The van der Waals surface area contributed by atoms with Crippen LogP contribution >= 0.6 is 0 Å². The molecule has 0 radical (unpaired) electrons. The molecule has 0 bridgehead atoms. The van der Waals surface area contributed by atoms with Gasteiger partial charge in [-0.1, -0.05) is 30.4 Å². The van der Waals surface area contributed by atoms with Gasteiger partial charge in [-0.25, -0.2) is 9.69 Å². The average molecular weight is 271 g/mol. The van der Waals surface area contributed by atoms with Crippen LogP contribution in [-0.4, -0.2) is 29.4 Å². The van der Waals surface area contributed by atoms with E-state index in [2.05, 4.69) is 0 Å². The highest BCUT2D eigenvalue weighted by atomic mass is 16.5. The minimum Gasteiger partial charge on any atom is -0.441 e. The fourth-order valence-electron chi connectivity index (χ4n) is 1.78. The van der Waals surface area contributed by atoms with Gasteiger partial charge in [-0.15, -0.1) is 0 Å². The molecule has 0 aromatic heterocycles. The van der Waals surface area contributed by atoms with Gasteiger partial charge in [0.2, 0.25) is 0 Å². The highest BCUT2D eigenvalue weighted by Crippen LogP contribution is 2.21. The van der Waals surface area contributed by atoms with Crippen LogP contribution in [0.25, 0.3) is 0 Å². The SMILES string of the molecule is C/C=C/C=C/C(=O)OCN1C(=O)c2ccccc2C1=O. The molecule has 5 heteroatoms. The quantitative estimate of drug-likeness (QED) is 0.363. The molecule has 1 heterocycles. The maximum absolute atomic E-state index is 12.0. The Morgan fingerprint density at radius 1 is 1.15 bits per heavy atom. The molecule has 0 fully saturated rings. The van der Waals surface area contributed by atoms with Crippen molar-refractivity contribution in [3.8, 4) is 0 Å². The third-order valence-electron chi connectivity index (χ3n) is 2.75. The van der Waals surface area contributed by atoms with E-state index in [1.54, 1.807) is 36.4 Å². The van der Waals surface area contributed by atoms with Crippen molar-refractivity contribution in [2.24, 2.45) is 0 Å². The summed E-state index contributed by atoms with van der Waals surface area (Å²) in [7, 11) is 0. The second-order valence-electron chi connectivity index (χ2n) is 4.06. The number of imide groups is 1. The van der Waals surface area contributed by atoms with Gasteiger partial charge in [0.15, 0.2) is 6.73 Å². The summed E-state index contributed by atoms with van der Waals surface area (Å²) in [6, 6.07) is 6.51. The van der Waals surface area contributed by atoms with Crippen LogP contribution in [-0.2, 0) is 9.53 Å². The van der Waals surface area contributed by atoms with E-state index in [1.165, 1.54) is 12.2 Å². The van der Waals surface area contributed by atoms with Gasteiger partial charge < -0.3 is 4.74 Å². The molecule has 102 valence electrons. The first kappa shape index (κ1) is 13.7. The number of rotatable bonds is 4. The number of carbonyl (C=O) groups is 3. The molecule has 1 aliphatic heterocycles. The molecule has 0 saturated heterocycles. The molecular weight excluding hydrogens is 258 g/mol. The zero-order valence-corrected chi connectivity index (χ0v) is 10.9. The third kappa shape index (κ3) is 2.66. The summed E-state index contributed by atoms with van der Waals surface area (Å²) in [4.78, 5) is 36.2. The Morgan fingerprint density at radius 3 is 2.30 bits per heavy atom. The maximum atomic E-state index is 12.0. The van der Waals surface area contributed by atoms with Crippen molar-refractivity contribution in [3.05, 3.63) is 59.7 Å². The van der Waals surface area contributed by atoms with Crippen molar-refractivity contribution >= 4 is 17.8 Å². The summed E-state index contributed by atoms with van der Waals surface area (Å²) in [6.07, 6.45) is 6.17. The van der Waals surface area contributed by atoms with Gasteiger partial charge in [0.05, 0.1) is 11.1 Å². The molecule has 1 aromatic carbocycles. The number of allylic oxidation sites excluding steroid dienone is 3. The summed E-state index contributed by atoms with van der Waals surface area (Å²) in [5.74, 6) is -1.51. The zero-order valence-electron chi connectivity index (χ0n) is 10.9. The molecule has 0 aliphatic carbocycles. The number of esters is 1. The summed E-state index contributed by atoms with van der Waals surface area (Å²) in [5.41, 5.74) is 0.663. The van der Waals surface area contributed by atoms with Crippen LogP contribution in [0.3, 0.4) is 0 Å². The Bertz CT molecular complexity index is 581. The Balaban J connectivity index is 2.01. The number of nitrogens with zero attached hydrogens (tertiary/aromatic N) is 1. The molecule has 0 N–H and O–H groups in total. The molecule has 0 spiro atoms. The van der Waals surface area contributed by atoms with E-state index in [-0.39, 0.29) is 6.73 Å². The van der Waals surface area contributed by atoms with Crippen LogP contribution in [0.4, 0.5) is 0 Å². The highest BCUT2D eigenvalue weighted by Gasteiger charge is 2.35. The predicted octanol–water partition coefficient (Wildman–Crippen LogP) is 1.92. The first-order valence-electron chi connectivity index (χ1n) is 6.06. The monoisotopic (exact) mass is 271 g/mol. The summed E-state index contributed by atoms with van der Waals surface area (Å²) in [6.45, 7) is 1.43. The van der Waals surface area contributed by atoms with Crippen molar-refractivity contribution in [2.45, 2.75) is 6.92 Å². The van der Waals surface area contributed by atoms with Gasteiger partial charge in [-0.2, -0.15) is 0 Å². The summed E-state index contributed by atoms with van der Waals surface area (Å²) >= 11 is 0. The summed E-state index contributed by atoms with van der Waals surface area (Å²) < 4.78 is 4.87. The fourth-order valence-corrected chi connectivity index (χ4v) is 1.78. The number of amides is 2. The first-order valence-corrected chi connectivity index (χ1v) is 6.06.